The number of ether oxygens (including phenoxy) is 6. The van der Waals surface area contributed by atoms with Crippen molar-refractivity contribution >= 4 is 25.6 Å². The number of para-hydroxylation sites is 1. The summed E-state index contributed by atoms with van der Waals surface area (Å²) in [5.74, 6) is -0.208. The molecular weight excluding hydrogens is 508 g/mol. The Labute approximate surface area is 214 Å². The van der Waals surface area contributed by atoms with Gasteiger partial charge in [0.05, 0.1) is 35.1 Å². The molecule has 2 heterocycles. The smallest absolute Gasteiger partial charge is 0.341 e. The number of methoxy groups -OCH3 is 3. The highest BCUT2D eigenvalue weighted by atomic mass is 35.5. The van der Waals surface area contributed by atoms with Crippen LogP contribution in [0.1, 0.15) is 17.3 Å². The van der Waals surface area contributed by atoms with Crippen LogP contribution in [-0.4, -0.2) is 61.0 Å². The highest BCUT2D eigenvalue weighted by Gasteiger charge is 2.28. The zero-order valence-electron chi connectivity index (χ0n) is 21.0. The van der Waals surface area contributed by atoms with Crippen LogP contribution in [0.15, 0.2) is 30.3 Å². The van der Waals surface area contributed by atoms with Gasteiger partial charge in [-0.15, -0.1) is 0 Å². The van der Waals surface area contributed by atoms with Crippen molar-refractivity contribution in [3.63, 3.8) is 0 Å². The summed E-state index contributed by atoms with van der Waals surface area (Å²) in [6, 6.07) is 7.75. The maximum atomic E-state index is 12.9. The Morgan fingerprint density at radius 2 is 1.50 bits per heavy atom. The average molecular weight is 535 g/mol. The van der Waals surface area contributed by atoms with E-state index in [9.17, 15) is 4.79 Å². The van der Waals surface area contributed by atoms with Crippen LogP contribution in [0, 0.1) is 0 Å². The number of esters is 1. The molecule has 0 aliphatic carbocycles. The van der Waals surface area contributed by atoms with Crippen molar-refractivity contribution in [3.8, 4) is 41.2 Å². The monoisotopic (exact) mass is 534 g/mol. The summed E-state index contributed by atoms with van der Waals surface area (Å²) in [5, 5.41) is 0.0996. The molecule has 0 aliphatic heterocycles. The van der Waals surface area contributed by atoms with E-state index in [1.54, 1.807) is 24.3 Å². The SMILES string of the molecule is COc1cc(Cl)nc(Oc2c(OC)nc(Oc3ccccc3C(=O)OC(C)[Si](C)(C)C)nc2OC)n1. The van der Waals surface area contributed by atoms with Crippen LogP contribution in [0.4, 0.5) is 0 Å². The van der Waals surface area contributed by atoms with Gasteiger partial charge in [-0.25, -0.2) is 4.79 Å². The van der Waals surface area contributed by atoms with Crippen molar-refractivity contribution in [2.75, 3.05) is 21.3 Å². The maximum Gasteiger partial charge on any atom is 0.341 e. The third-order valence-corrected chi connectivity index (χ3v) is 7.79. The van der Waals surface area contributed by atoms with Gasteiger partial charge in [0.15, 0.2) is 0 Å². The standard InChI is InChI=1S/C23H27ClN4O7Si/c1-13(36(5,6)7)33-21(29)14-10-8-9-11-15(14)34-23-27-19(31-3)18(20(28-23)32-4)35-22-25-16(24)12-17(26-22)30-2/h8-13H,1-7H3. The molecule has 0 bridgehead atoms. The van der Waals surface area contributed by atoms with Crippen LogP contribution in [0.2, 0.25) is 24.8 Å². The lowest BCUT2D eigenvalue weighted by atomic mass is 10.2. The quantitative estimate of drug-likeness (QED) is 0.199. The summed E-state index contributed by atoms with van der Waals surface area (Å²) >= 11 is 5.99. The minimum absolute atomic E-state index is 0.0201. The Balaban J connectivity index is 1.93. The molecule has 36 heavy (non-hydrogen) atoms. The largest absolute Gasteiger partial charge is 0.481 e. The zero-order valence-corrected chi connectivity index (χ0v) is 22.7. The highest BCUT2D eigenvalue weighted by molar-refractivity contribution is 6.77. The second-order valence-corrected chi connectivity index (χ2v) is 14.4. The van der Waals surface area contributed by atoms with Gasteiger partial charge in [0, 0.05) is 6.07 Å². The minimum atomic E-state index is -1.70. The molecule has 3 aromatic rings. The Morgan fingerprint density at radius 1 is 0.889 bits per heavy atom. The number of benzene rings is 1. The van der Waals surface area contributed by atoms with Crippen molar-refractivity contribution in [1.29, 1.82) is 0 Å². The maximum absolute atomic E-state index is 12.9. The molecule has 3 rings (SSSR count). The molecule has 0 radical (unpaired) electrons. The van der Waals surface area contributed by atoms with E-state index in [0.717, 1.165) is 0 Å². The molecule has 0 N–H and O–H groups in total. The molecule has 0 fully saturated rings. The fourth-order valence-electron chi connectivity index (χ4n) is 2.64. The highest BCUT2D eigenvalue weighted by Crippen LogP contribution is 2.39. The molecule has 0 saturated carbocycles. The molecule has 0 amide bonds. The summed E-state index contributed by atoms with van der Waals surface area (Å²) in [5.41, 5.74) is 0.0298. The fraction of sp³-hybridized carbons (Fsp3) is 0.348. The number of aromatic nitrogens is 4. The van der Waals surface area contributed by atoms with E-state index in [1.807, 2.05) is 6.92 Å². The number of halogens is 1. The van der Waals surface area contributed by atoms with E-state index in [1.165, 1.54) is 27.4 Å². The number of carbonyl (C=O) groups excluding carboxylic acids is 1. The summed E-state index contributed by atoms with van der Waals surface area (Å²) in [7, 11) is 2.48. The Morgan fingerprint density at radius 3 is 2.08 bits per heavy atom. The number of hydrogen-bond acceptors (Lipinski definition) is 11. The fourth-order valence-corrected chi connectivity index (χ4v) is 3.27. The molecule has 0 aliphatic rings. The Hall–Kier alpha value is -3.64. The van der Waals surface area contributed by atoms with Gasteiger partial charge in [-0.1, -0.05) is 43.4 Å². The first-order valence-electron chi connectivity index (χ1n) is 10.8. The van der Waals surface area contributed by atoms with Crippen LogP contribution in [0.3, 0.4) is 0 Å². The van der Waals surface area contributed by atoms with Gasteiger partial charge in [-0.05, 0) is 19.1 Å². The van der Waals surface area contributed by atoms with E-state index in [0.29, 0.717) is 0 Å². The molecule has 1 atom stereocenters. The first kappa shape index (κ1) is 27.0. The van der Waals surface area contributed by atoms with E-state index >= 15 is 0 Å². The van der Waals surface area contributed by atoms with Gasteiger partial charge in [0.25, 0.3) is 17.5 Å². The molecule has 1 unspecified atom stereocenters. The van der Waals surface area contributed by atoms with Crippen molar-refractivity contribution in [2.24, 2.45) is 0 Å². The third kappa shape index (κ3) is 6.52. The van der Waals surface area contributed by atoms with Gasteiger partial charge in [-0.3, -0.25) is 0 Å². The zero-order chi connectivity index (χ0) is 26.5. The first-order chi connectivity index (χ1) is 17.0. The summed E-state index contributed by atoms with van der Waals surface area (Å²) in [4.78, 5) is 29.4. The first-order valence-corrected chi connectivity index (χ1v) is 14.8. The topological polar surface area (TPSA) is 124 Å². The summed E-state index contributed by atoms with van der Waals surface area (Å²) < 4.78 is 33.0. The Kier molecular flexibility index (Phi) is 8.53. The molecule has 11 nitrogen and oxygen atoms in total. The van der Waals surface area contributed by atoms with Gasteiger partial charge >= 0.3 is 18.0 Å². The average Bonchev–Trinajstić information content (AvgIpc) is 2.83. The summed E-state index contributed by atoms with van der Waals surface area (Å²) in [6.45, 7) is 8.25. The van der Waals surface area contributed by atoms with Crippen LogP contribution in [-0.2, 0) is 4.74 Å². The van der Waals surface area contributed by atoms with E-state index in [4.69, 9.17) is 40.0 Å². The van der Waals surface area contributed by atoms with Gasteiger partial charge in [0.2, 0.25) is 5.88 Å². The van der Waals surface area contributed by atoms with Crippen LogP contribution >= 0.6 is 11.6 Å². The number of carbonyl (C=O) groups is 1. The molecule has 1 aromatic carbocycles. The van der Waals surface area contributed by atoms with Crippen molar-refractivity contribution in [1.82, 2.24) is 19.9 Å². The number of rotatable bonds is 10. The van der Waals surface area contributed by atoms with Crippen molar-refractivity contribution in [2.45, 2.75) is 32.3 Å². The van der Waals surface area contributed by atoms with E-state index in [2.05, 4.69) is 39.6 Å². The lowest BCUT2D eigenvalue weighted by Gasteiger charge is -2.25. The van der Waals surface area contributed by atoms with Crippen LogP contribution < -0.4 is 23.7 Å². The summed E-state index contributed by atoms with van der Waals surface area (Å²) in [6.07, 6.45) is 0. The predicted octanol–water partition coefficient (Wildman–Crippen LogP) is 4.95. The molecule has 192 valence electrons. The molecular formula is C23H27ClN4O7Si. The lowest BCUT2D eigenvalue weighted by Crippen LogP contribution is -2.39. The third-order valence-electron chi connectivity index (χ3n) is 5.03. The van der Waals surface area contributed by atoms with Crippen LogP contribution in [0.5, 0.6) is 41.2 Å². The van der Waals surface area contributed by atoms with E-state index in [-0.39, 0.29) is 57.6 Å². The molecule has 2 aromatic heterocycles. The van der Waals surface area contributed by atoms with Gasteiger partial charge < -0.3 is 28.4 Å². The van der Waals surface area contributed by atoms with Crippen LogP contribution in [0.25, 0.3) is 0 Å². The number of nitrogens with zero attached hydrogens (tertiary/aromatic N) is 4. The van der Waals surface area contributed by atoms with Crippen molar-refractivity contribution < 1.29 is 33.2 Å². The molecule has 0 spiro atoms. The second-order valence-electron chi connectivity index (χ2n) is 8.48. The van der Waals surface area contributed by atoms with E-state index < -0.39 is 14.0 Å². The molecule has 13 heteroatoms. The van der Waals surface area contributed by atoms with Crippen molar-refractivity contribution in [3.05, 3.63) is 41.0 Å². The van der Waals surface area contributed by atoms with Gasteiger partial charge in [-0.2, -0.15) is 19.9 Å². The van der Waals surface area contributed by atoms with Gasteiger partial charge in [0.1, 0.15) is 16.5 Å². The number of hydrogen-bond donors (Lipinski definition) is 0. The Bertz CT molecular complexity index is 1210. The normalized spacial score (nSPS) is 11.9. The predicted molar refractivity (Wildman–Crippen MR) is 134 cm³/mol. The lowest BCUT2D eigenvalue weighted by molar-refractivity contribution is 0.0452. The minimum Gasteiger partial charge on any atom is -0.481 e. The second kappa shape index (κ2) is 11.4. The molecule has 0 saturated heterocycles.